The number of carbonyl (C=O) groups excluding carboxylic acids is 2. The van der Waals surface area contributed by atoms with E-state index in [0.29, 0.717) is 24.7 Å². The Bertz CT molecular complexity index is 975. The number of carbonyl (C=O) groups is 2. The highest BCUT2D eigenvalue weighted by molar-refractivity contribution is 7.10. The van der Waals surface area contributed by atoms with Crippen molar-refractivity contribution in [1.29, 1.82) is 0 Å². The van der Waals surface area contributed by atoms with E-state index >= 15 is 0 Å². The van der Waals surface area contributed by atoms with Crippen molar-refractivity contribution in [3.8, 4) is 5.75 Å². The Kier molecular flexibility index (Phi) is 7.26. The molecule has 1 N–H and O–H groups in total. The van der Waals surface area contributed by atoms with Crippen molar-refractivity contribution in [2.24, 2.45) is 0 Å². The maximum atomic E-state index is 13.4. The molecular formula is C24H30ClN3O3S. The molecule has 32 heavy (non-hydrogen) atoms. The minimum absolute atomic E-state index is 0.0266. The summed E-state index contributed by atoms with van der Waals surface area (Å²) in [6, 6.07) is 7.55. The van der Waals surface area contributed by atoms with Gasteiger partial charge >= 0.3 is 6.03 Å². The second-order valence-electron chi connectivity index (χ2n) is 8.47. The molecule has 0 unspecified atom stereocenters. The van der Waals surface area contributed by atoms with Gasteiger partial charge in [-0.1, -0.05) is 18.5 Å². The van der Waals surface area contributed by atoms with Crippen LogP contribution in [0.15, 0.2) is 29.6 Å². The standard InChI is InChI=1S/C24H30ClN3O3S/c1-3-10-26-24(30)28(17-4-5-17)14-23(29)27-11-8-22-19(9-12-32-22)21(27)15-31-18-6-7-20(25)16(2)13-18/h6-7,9,12-13,17,21H,3-5,8,10-11,14-15H2,1-2H3,(H,26,30)/t21-/m0/s1. The molecule has 2 aliphatic rings. The van der Waals surface area contributed by atoms with Crippen molar-refractivity contribution in [1.82, 2.24) is 15.1 Å². The van der Waals surface area contributed by atoms with Gasteiger partial charge in [-0.25, -0.2) is 4.79 Å². The number of urea groups is 1. The van der Waals surface area contributed by atoms with E-state index in [2.05, 4.69) is 16.8 Å². The summed E-state index contributed by atoms with van der Waals surface area (Å²) in [6.45, 7) is 5.69. The van der Waals surface area contributed by atoms with Crippen molar-refractivity contribution in [3.63, 3.8) is 0 Å². The Hall–Kier alpha value is -2.25. The second-order valence-corrected chi connectivity index (χ2v) is 9.87. The van der Waals surface area contributed by atoms with Crippen LogP contribution in [0.3, 0.4) is 0 Å². The van der Waals surface area contributed by atoms with E-state index in [-0.39, 0.29) is 30.6 Å². The Morgan fingerprint density at radius 3 is 2.84 bits per heavy atom. The predicted octanol–water partition coefficient (Wildman–Crippen LogP) is 4.80. The number of benzene rings is 1. The topological polar surface area (TPSA) is 61.9 Å². The van der Waals surface area contributed by atoms with Gasteiger partial charge < -0.3 is 19.9 Å². The number of thiophene rings is 1. The van der Waals surface area contributed by atoms with Crippen LogP contribution in [0, 0.1) is 6.92 Å². The van der Waals surface area contributed by atoms with E-state index in [9.17, 15) is 9.59 Å². The van der Waals surface area contributed by atoms with Crippen LogP contribution in [0.5, 0.6) is 5.75 Å². The lowest BCUT2D eigenvalue weighted by Gasteiger charge is -2.37. The van der Waals surface area contributed by atoms with Crippen LogP contribution in [0.1, 0.15) is 48.2 Å². The van der Waals surface area contributed by atoms with Gasteiger partial charge in [-0.3, -0.25) is 4.79 Å². The number of hydrogen-bond acceptors (Lipinski definition) is 4. The number of amides is 3. The highest BCUT2D eigenvalue weighted by Gasteiger charge is 2.37. The number of fused-ring (bicyclic) bond motifs is 1. The van der Waals surface area contributed by atoms with Gasteiger partial charge in [-0.2, -0.15) is 0 Å². The van der Waals surface area contributed by atoms with Crippen LogP contribution in [0.25, 0.3) is 0 Å². The highest BCUT2D eigenvalue weighted by Crippen LogP contribution is 2.35. The van der Waals surface area contributed by atoms with Crippen molar-refractivity contribution < 1.29 is 14.3 Å². The molecule has 172 valence electrons. The van der Waals surface area contributed by atoms with Crippen molar-refractivity contribution >= 4 is 34.9 Å². The number of rotatable bonds is 8. The zero-order valence-corrected chi connectivity index (χ0v) is 20.2. The Labute approximate surface area is 198 Å². The molecule has 1 aliphatic heterocycles. The summed E-state index contributed by atoms with van der Waals surface area (Å²) >= 11 is 7.86. The lowest BCUT2D eigenvalue weighted by molar-refractivity contribution is -0.135. The molecule has 1 aromatic heterocycles. The fourth-order valence-electron chi connectivity index (χ4n) is 4.08. The number of aryl methyl sites for hydroxylation is 1. The highest BCUT2D eigenvalue weighted by atomic mass is 35.5. The number of halogens is 1. The Morgan fingerprint density at radius 1 is 1.31 bits per heavy atom. The summed E-state index contributed by atoms with van der Waals surface area (Å²) in [5.74, 6) is 0.710. The summed E-state index contributed by atoms with van der Waals surface area (Å²) in [5, 5.41) is 5.70. The lowest BCUT2D eigenvalue weighted by atomic mass is 10.0. The smallest absolute Gasteiger partial charge is 0.318 e. The predicted molar refractivity (Wildman–Crippen MR) is 128 cm³/mol. The van der Waals surface area contributed by atoms with E-state index in [1.807, 2.05) is 36.9 Å². The van der Waals surface area contributed by atoms with Gasteiger partial charge in [0.15, 0.2) is 0 Å². The molecule has 0 spiro atoms. The summed E-state index contributed by atoms with van der Waals surface area (Å²) in [7, 11) is 0. The van der Waals surface area contributed by atoms with Crippen molar-refractivity contribution in [2.75, 3.05) is 26.2 Å². The third kappa shape index (κ3) is 5.21. The number of nitrogens with one attached hydrogen (secondary N) is 1. The first-order valence-electron chi connectivity index (χ1n) is 11.3. The first-order chi connectivity index (χ1) is 15.5. The van der Waals surface area contributed by atoms with Crippen LogP contribution in [-0.4, -0.2) is 54.0 Å². The minimum atomic E-state index is -0.173. The normalized spacial score (nSPS) is 17.6. The number of hydrogen-bond donors (Lipinski definition) is 1. The quantitative estimate of drug-likeness (QED) is 0.596. The summed E-state index contributed by atoms with van der Waals surface area (Å²) < 4.78 is 6.11. The van der Waals surface area contributed by atoms with Gasteiger partial charge in [0.2, 0.25) is 5.91 Å². The van der Waals surface area contributed by atoms with E-state index in [1.54, 1.807) is 16.2 Å². The monoisotopic (exact) mass is 475 g/mol. The van der Waals surface area contributed by atoms with Gasteiger partial charge in [-0.05, 0) is 73.4 Å². The average molecular weight is 476 g/mol. The van der Waals surface area contributed by atoms with Crippen LogP contribution < -0.4 is 10.1 Å². The molecule has 3 amide bonds. The third-order valence-electron chi connectivity index (χ3n) is 6.03. The van der Waals surface area contributed by atoms with E-state index in [4.69, 9.17) is 16.3 Å². The molecule has 2 heterocycles. The first-order valence-corrected chi connectivity index (χ1v) is 12.5. The SMILES string of the molecule is CCCNC(=O)N(CC(=O)N1CCc2sccc2[C@@H]1COc1ccc(Cl)c(C)c1)C1CC1. The molecule has 1 saturated carbocycles. The van der Waals surface area contributed by atoms with Crippen molar-refractivity contribution in [2.45, 2.75) is 51.6 Å². The van der Waals surface area contributed by atoms with Crippen LogP contribution in [0.4, 0.5) is 4.79 Å². The molecule has 1 aromatic carbocycles. The first kappa shape index (κ1) is 22.9. The summed E-state index contributed by atoms with van der Waals surface area (Å²) in [5.41, 5.74) is 2.10. The van der Waals surface area contributed by atoms with Crippen LogP contribution in [0.2, 0.25) is 5.02 Å². The molecule has 8 heteroatoms. The van der Waals surface area contributed by atoms with Crippen LogP contribution >= 0.6 is 22.9 Å². The maximum Gasteiger partial charge on any atom is 0.318 e. The average Bonchev–Trinajstić information content (AvgIpc) is 3.51. The summed E-state index contributed by atoms with van der Waals surface area (Å²) in [4.78, 5) is 30.9. The van der Waals surface area contributed by atoms with Gasteiger partial charge in [0, 0.05) is 29.0 Å². The zero-order valence-electron chi connectivity index (χ0n) is 18.6. The maximum absolute atomic E-state index is 13.4. The van der Waals surface area contributed by atoms with E-state index in [0.717, 1.165) is 42.6 Å². The third-order valence-corrected chi connectivity index (χ3v) is 7.45. The van der Waals surface area contributed by atoms with Gasteiger partial charge in [0.25, 0.3) is 0 Å². The molecule has 1 aliphatic carbocycles. The van der Waals surface area contributed by atoms with E-state index < -0.39 is 0 Å². The molecule has 6 nitrogen and oxygen atoms in total. The molecule has 1 atom stereocenters. The van der Waals surface area contributed by atoms with Crippen molar-refractivity contribution in [3.05, 3.63) is 50.7 Å². The molecule has 4 rings (SSSR count). The van der Waals surface area contributed by atoms with E-state index in [1.165, 1.54) is 4.88 Å². The minimum Gasteiger partial charge on any atom is -0.491 e. The number of ether oxygens (including phenoxy) is 1. The Balaban J connectivity index is 1.48. The lowest BCUT2D eigenvalue weighted by Crippen LogP contribution is -2.50. The summed E-state index contributed by atoms with van der Waals surface area (Å²) in [6.07, 6.45) is 3.63. The van der Waals surface area contributed by atoms with Crippen LogP contribution in [-0.2, 0) is 11.2 Å². The van der Waals surface area contributed by atoms with Gasteiger partial charge in [-0.15, -0.1) is 11.3 Å². The zero-order chi connectivity index (χ0) is 22.7. The number of nitrogens with zero attached hydrogens (tertiary/aromatic N) is 2. The largest absolute Gasteiger partial charge is 0.491 e. The molecule has 1 fully saturated rings. The molecule has 2 aromatic rings. The van der Waals surface area contributed by atoms with Gasteiger partial charge in [0.05, 0.1) is 6.04 Å². The second kappa shape index (κ2) is 10.1. The fraction of sp³-hybridized carbons (Fsp3) is 0.500. The fourth-order valence-corrected chi connectivity index (χ4v) is 5.13. The Morgan fingerprint density at radius 2 is 2.12 bits per heavy atom. The molecule has 0 saturated heterocycles. The van der Waals surface area contributed by atoms with Gasteiger partial charge in [0.1, 0.15) is 18.9 Å². The molecular weight excluding hydrogens is 446 g/mol. The molecule has 0 radical (unpaired) electrons. The molecule has 0 bridgehead atoms.